The lowest BCUT2D eigenvalue weighted by molar-refractivity contribution is 0.241. The minimum absolute atomic E-state index is 0. The van der Waals surface area contributed by atoms with Crippen LogP contribution in [-0.4, -0.2) is 22.1 Å². The van der Waals surface area contributed by atoms with Gasteiger partial charge in [-0.25, -0.2) is 0 Å². The highest BCUT2D eigenvalue weighted by Crippen LogP contribution is 2.24. The standard InChI is InChI=1S/C15H22N4O.ClH/c1-10-5-6-13(11(2)7-10)12(3)19(4)9-14-17-15(8-16)20-18-14;/h5-7,12H,8-9,16H2,1-4H3;1H. The van der Waals surface area contributed by atoms with Crippen molar-refractivity contribution in [1.29, 1.82) is 0 Å². The Bertz CT molecular complexity index is 585. The summed E-state index contributed by atoms with van der Waals surface area (Å²) in [4.78, 5) is 6.43. The molecule has 1 aromatic heterocycles. The molecule has 1 heterocycles. The number of hydrogen-bond acceptors (Lipinski definition) is 5. The van der Waals surface area contributed by atoms with Gasteiger partial charge < -0.3 is 10.3 Å². The highest BCUT2D eigenvalue weighted by Gasteiger charge is 2.16. The first-order valence-electron chi connectivity index (χ1n) is 6.80. The molecule has 6 heteroatoms. The molecule has 0 saturated heterocycles. The van der Waals surface area contributed by atoms with Crippen molar-refractivity contribution in [1.82, 2.24) is 15.0 Å². The summed E-state index contributed by atoms with van der Waals surface area (Å²) in [6.45, 7) is 7.36. The van der Waals surface area contributed by atoms with Crippen LogP contribution in [0.1, 0.15) is 41.4 Å². The maximum absolute atomic E-state index is 5.47. The molecule has 0 spiro atoms. The monoisotopic (exact) mass is 310 g/mol. The summed E-state index contributed by atoms with van der Waals surface area (Å²) in [5.41, 5.74) is 9.38. The summed E-state index contributed by atoms with van der Waals surface area (Å²) in [6, 6.07) is 6.83. The van der Waals surface area contributed by atoms with E-state index in [-0.39, 0.29) is 25.0 Å². The molecule has 0 amide bonds. The fraction of sp³-hybridized carbons (Fsp3) is 0.467. The Kier molecular flexibility index (Phi) is 6.33. The number of benzene rings is 1. The fourth-order valence-corrected chi connectivity index (χ4v) is 2.33. The van der Waals surface area contributed by atoms with Gasteiger partial charge in [-0.3, -0.25) is 4.90 Å². The Labute approximate surface area is 131 Å². The Morgan fingerprint density at radius 2 is 2.05 bits per heavy atom. The van der Waals surface area contributed by atoms with E-state index in [2.05, 4.69) is 61.1 Å². The van der Waals surface area contributed by atoms with Crippen LogP contribution >= 0.6 is 12.4 Å². The van der Waals surface area contributed by atoms with Crippen LogP contribution in [0.2, 0.25) is 0 Å². The van der Waals surface area contributed by atoms with E-state index < -0.39 is 0 Å². The first kappa shape index (κ1) is 17.6. The summed E-state index contributed by atoms with van der Waals surface area (Å²) < 4.78 is 5.03. The van der Waals surface area contributed by atoms with E-state index in [0.717, 1.165) is 0 Å². The van der Waals surface area contributed by atoms with Gasteiger partial charge in [0.25, 0.3) is 0 Å². The van der Waals surface area contributed by atoms with Crippen molar-refractivity contribution >= 4 is 12.4 Å². The van der Waals surface area contributed by atoms with Crippen molar-refractivity contribution < 1.29 is 4.52 Å². The molecule has 2 rings (SSSR count). The molecule has 0 bridgehead atoms. The topological polar surface area (TPSA) is 68.2 Å². The number of hydrogen-bond donors (Lipinski definition) is 1. The van der Waals surface area contributed by atoms with Gasteiger partial charge >= 0.3 is 0 Å². The molecule has 0 saturated carbocycles. The molecule has 0 aliphatic rings. The first-order valence-corrected chi connectivity index (χ1v) is 6.80. The average Bonchev–Trinajstić information content (AvgIpc) is 2.85. The molecule has 21 heavy (non-hydrogen) atoms. The minimum Gasteiger partial charge on any atom is -0.338 e. The van der Waals surface area contributed by atoms with Gasteiger partial charge in [-0.05, 0) is 38.9 Å². The Balaban J connectivity index is 0.00000220. The van der Waals surface area contributed by atoms with Crippen molar-refractivity contribution in [3.63, 3.8) is 0 Å². The SMILES string of the molecule is Cc1ccc(C(C)N(C)Cc2noc(CN)n2)c(C)c1.Cl. The zero-order valence-corrected chi connectivity index (χ0v) is 13.8. The van der Waals surface area contributed by atoms with Crippen LogP contribution in [0.3, 0.4) is 0 Å². The highest BCUT2D eigenvalue weighted by atomic mass is 35.5. The molecule has 1 unspecified atom stereocenters. The predicted octanol–water partition coefficient (Wildman–Crippen LogP) is 2.76. The van der Waals surface area contributed by atoms with Gasteiger partial charge in [-0.15, -0.1) is 12.4 Å². The zero-order chi connectivity index (χ0) is 14.7. The first-order chi connectivity index (χ1) is 9.51. The summed E-state index contributed by atoms with van der Waals surface area (Å²) in [5.74, 6) is 1.15. The molecular formula is C15H23ClN4O. The predicted molar refractivity (Wildman–Crippen MR) is 85.2 cm³/mol. The molecule has 0 aliphatic heterocycles. The lowest BCUT2D eigenvalue weighted by atomic mass is 9.99. The van der Waals surface area contributed by atoms with E-state index in [1.54, 1.807) is 0 Å². The van der Waals surface area contributed by atoms with E-state index in [9.17, 15) is 0 Å². The second kappa shape index (κ2) is 7.54. The van der Waals surface area contributed by atoms with Crippen LogP contribution in [0.25, 0.3) is 0 Å². The number of aryl methyl sites for hydroxylation is 2. The summed E-state index contributed by atoms with van der Waals surface area (Å²) >= 11 is 0. The van der Waals surface area contributed by atoms with Crippen LogP contribution < -0.4 is 5.73 Å². The maximum atomic E-state index is 5.47. The molecule has 1 aromatic carbocycles. The average molecular weight is 311 g/mol. The van der Waals surface area contributed by atoms with Gasteiger partial charge in [-0.2, -0.15) is 4.98 Å². The van der Waals surface area contributed by atoms with E-state index in [4.69, 9.17) is 10.3 Å². The lowest BCUT2D eigenvalue weighted by Crippen LogP contribution is -2.23. The largest absolute Gasteiger partial charge is 0.338 e. The van der Waals surface area contributed by atoms with Crippen molar-refractivity contribution in [2.45, 2.75) is 39.9 Å². The summed E-state index contributed by atoms with van der Waals surface area (Å²) in [6.07, 6.45) is 0. The number of halogens is 1. The van der Waals surface area contributed by atoms with Crippen molar-refractivity contribution in [2.75, 3.05) is 7.05 Å². The second-order valence-corrected chi connectivity index (χ2v) is 5.26. The van der Waals surface area contributed by atoms with E-state index in [1.165, 1.54) is 16.7 Å². The molecule has 116 valence electrons. The second-order valence-electron chi connectivity index (χ2n) is 5.26. The normalized spacial score (nSPS) is 12.3. The van der Waals surface area contributed by atoms with E-state index in [0.29, 0.717) is 18.3 Å². The number of rotatable bonds is 5. The number of nitrogens with zero attached hydrogens (tertiary/aromatic N) is 3. The van der Waals surface area contributed by atoms with Crippen molar-refractivity contribution in [3.8, 4) is 0 Å². The van der Waals surface area contributed by atoms with E-state index >= 15 is 0 Å². The smallest absolute Gasteiger partial charge is 0.240 e. The molecule has 5 nitrogen and oxygen atoms in total. The van der Waals surface area contributed by atoms with Gasteiger partial charge in [-0.1, -0.05) is 28.9 Å². The third kappa shape index (κ3) is 4.27. The van der Waals surface area contributed by atoms with Gasteiger partial charge in [0.15, 0.2) is 5.82 Å². The Morgan fingerprint density at radius 1 is 1.33 bits per heavy atom. The van der Waals surface area contributed by atoms with Gasteiger partial charge in [0, 0.05) is 6.04 Å². The zero-order valence-electron chi connectivity index (χ0n) is 13.0. The van der Waals surface area contributed by atoms with E-state index in [1.807, 2.05) is 0 Å². The van der Waals surface area contributed by atoms with Crippen molar-refractivity contribution in [3.05, 3.63) is 46.6 Å². The van der Waals surface area contributed by atoms with Gasteiger partial charge in [0.1, 0.15) is 0 Å². The van der Waals surface area contributed by atoms with Crippen molar-refractivity contribution in [2.24, 2.45) is 5.73 Å². The fourth-order valence-electron chi connectivity index (χ4n) is 2.33. The summed E-state index contributed by atoms with van der Waals surface area (Å²) in [5, 5.41) is 3.93. The van der Waals surface area contributed by atoms with Gasteiger partial charge in [0.2, 0.25) is 5.89 Å². The third-order valence-electron chi connectivity index (χ3n) is 3.61. The molecular weight excluding hydrogens is 288 g/mol. The molecule has 0 aliphatic carbocycles. The quantitative estimate of drug-likeness (QED) is 0.919. The van der Waals surface area contributed by atoms with Crippen LogP contribution in [0.15, 0.2) is 22.7 Å². The molecule has 0 fully saturated rings. The van der Waals surface area contributed by atoms with Crippen LogP contribution in [0.4, 0.5) is 0 Å². The maximum Gasteiger partial charge on any atom is 0.240 e. The van der Waals surface area contributed by atoms with Crippen LogP contribution in [0.5, 0.6) is 0 Å². The molecule has 2 N–H and O–H groups in total. The minimum atomic E-state index is 0. The number of nitrogens with two attached hydrogens (primary N) is 1. The molecule has 0 radical (unpaired) electrons. The van der Waals surface area contributed by atoms with Gasteiger partial charge in [0.05, 0.1) is 13.1 Å². The molecule has 1 atom stereocenters. The Morgan fingerprint density at radius 3 is 2.62 bits per heavy atom. The third-order valence-corrected chi connectivity index (χ3v) is 3.61. The summed E-state index contributed by atoms with van der Waals surface area (Å²) in [7, 11) is 2.06. The molecule has 2 aromatic rings. The lowest BCUT2D eigenvalue weighted by Gasteiger charge is -2.25. The Hall–Kier alpha value is -1.43. The highest BCUT2D eigenvalue weighted by molar-refractivity contribution is 5.85. The number of aromatic nitrogens is 2. The van der Waals surface area contributed by atoms with Crippen LogP contribution in [-0.2, 0) is 13.1 Å². The van der Waals surface area contributed by atoms with Crippen LogP contribution in [0, 0.1) is 13.8 Å².